The number of benzene rings is 4. The summed E-state index contributed by atoms with van der Waals surface area (Å²) in [6.07, 6.45) is 0.0300. The second kappa shape index (κ2) is 10.4. The van der Waals surface area contributed by atoms with Gasteiger partial charge in [0.1, 0.15) is 6.61 Å². The second-order valence-corrected chi connectivity index (χ2v) is 10.4. The number of hydrogen-bond donors (Lipinski definition) is 2. The van der Waals surface area contributed by atoms with E-state index < -0.39 is 11.7 Å². The Bertz CT molecular complexity index is 1320. The van der Waals surface area contributed by atoms with Crippen molar-refractivity contribution in [1.29, 1.82) is 0 Å². The lowest BCUT2D eigenvalue weighted by Gasteiger charge is -2.50. The van der Waals surface area contributed by atoms with Gasteiger partial charge in [-0.1, -0.05) is 109 Å². The van der Waals surface area contributed by atoms with Gasteiger partial charge in [0, 0.05) is 25.6 Å². The number of rotatable bonds is 8. The predicted molar refractivity (Wildman–Crippen MR) is 149 cm³/mol. The average Bonchev–Trinajstić information content (AvgIpc) is 3.26. The lowest BCUT2D eigenvalue weighted by Crippen LogP contribution is -2.63. The molecule has 0 unspecified atom stereocenters. The third-order valence-electron chi connectivity index (χ3n) is 7.79. The van der Waals surface area contributed by atoms with Crippen LogP contribution >= 0.6 is 0 Å². The van der Waals surface area contributed by atoms with Gasteiger partial charge in [-0.05, 0) is 39.8 Å². The molecule has 1 saturated heterocycles. The lowest BCUT2D eigenvalue weighted by molar-refractivity contribution is -0.114. The Labute approximate surface area is 223 Å². The molecule has 1 aliphatic carbocycles. The van der Waals surface area contributed by atoms with Crippen LogP contribution in [0.2, 0.25) is 0 Å². The van der Waals surface area contributed by atoms with E-state index in [1.54, 1.807) is 0 Å². The molecule has 0 saturated carbocycles. The van der Waals surface area contributed by atoms with Crippen LogP contribution in [0.25, 0.3) is 11.1 Å². The zero-order valence-corrected chi connectivity index (χ0v) is 21.3. The molecule has 2 aliphatic rings. The molecule has 5 nitrogen and oxygen atoms in total. The molecule has 0 spiro atoms. The van der Waals surface area contributed by atoms with Crippen LogP contribution in [-0.2, 0) is 4.74 Å². The highest BCUT2D eigenvalue weighted by molar-refractivity contribution is 5.79. The van der Waals surface area contributed by atoms with E-state index in [1.807, 2.05) is 36.4 Å². The van der Waals surface area contributed by atoms with Gasteiger partial charge in [-0.15, -0.1) is 0 Å². The molecule has 4 aromatic rings. The summed E-state index contributed by atoms with van der Waals surface area (Å²) in [5.74, 6) is 0.0328. The van der Waals surface area contributed by atoms with Crippen molar-refractivity contribution >= 4 is 6.09 Å². The number of carbonyl (C=O) groups excluding carboxylic acids is 1. The van der Waals surface area contributed by atoms with E-state index in [9.17, 15) is 9.90 Å². The Morgan fingerprint density at radius 2 is 1.32 bits per heavy atom. The second-order valence-electron chi connectivity index (χ2n) is 10.4. The van der Waals surface area contributed by atoms with Crippen LogP contribution in [0.3, 0.4) is 0 Å². The molecule has 0 bridgehead atoms. The van der Waals surface area contributed by atoms with E-state index in [0.717, 1.165) is 0 Å². The maximum absolute atomic E-state index is 12.5. The summed E-state index contributed by atoms with van der Waals surface area (Å²) in [5, 5.41) is 14.0. The van der Waals surface area contributed by atoms with Gasteiger partial charge < -0.3 is 15.2 Å². The Kier molecular flexibility index (Phi) is 6.71. The average molecular weight is 505 g/mol. The van der Waals surface area contributed by atoms with Crippen LogP contribution in [0, 0.1) is 0 Å². The molecular weight excluding hydrogens is 472 g/mol. The number of carbonyl (C=O) groups is 1. The molecule has 2 N–H and O–H groups in total. The normalized spacial score (nSPS) is 15.9. The van der Waals surface area contributed by atoms with E-state index in [4.69, 9.17) is 4.74 Å². The van der Waals surface area contributed by atoms with Crippen LogP contribution < -0.4 is 5.32 Å². The van der Waals surface area contributed by atoms with Crippen molar-refractivity contribution in [1.82, 2.24) is 10.2 Å². The minimum atomic E-state index is -0.835. The van der Waals surface area contributed by atoms with E-state index in [1.165, 1.54) is 33.4 Å². The quantitative estimate of drug-likeness (QED) is 0.321. The van der Waals surface area contributed by atoms with Gasteiger partial charge in [-0.25, -0.2) is 4.79 Å². The third-order valence-corrected chi connectivity index (χ3v) is 7.79. The largest absolute Gasteiger partial charge is 0.449 e. The van der Waals surface area contributed by atoms with Crippen molar-refractivity contribution in [2.45, 2.75) is 24.0 Å². The first-order valence-corrected chi connectivity index (χ1v) is 13.3. The number of aliphatic hydroxyl groups is 1. The first-order valence-electron chi connectivity index (χ1n) is 13.3. The van der Waals surface area contributed by atoms with Crippen molar-refractivity contribution in [2.24, 2.45) is 0 Å². The maximum Gasteiger partial charge on any atom is 0.407 e. The highest BCUT2D eigenvalue weighted by atomic mass is 16.5. The molecule has 5 heteroatoms. The number of nitrogens with one attached hydrogen (secondary N) is 1. The molecule has 38 heavy (non-hydrogen) atoms. The topological polar surface area (TPSA) is 61.8 Å². The summed E-state index contributed by atoms with van der Waals surface area (Å²) >= 11 is 0. The summed E-state index contributed by atoms with van der Waals surface area (Å²) in [5.41, 5.74) is 6.37. The monoisotopic (exact) mass is 504 g/mol. The number of hydrogen-bond acceptors (Lipinski definition) is 4. The molecule has 4 aromatic carbocycles. The first kappa shape index (κ1) is 24.4. The Morgan fingerprint density at radius 1 is 0.816 bits per heavy atom. The number of alkyl carbamates (subject to hydrolysis) is 1. The van der Waals surface area contributed by atoms with E-state index in [2.05, 4.69) is 83.0 Å². The zero-order valence-electron chi connectivity index (χ0n) is 21.3. The first-order chi connectivity index (χ1) is 18.6. The molecule has 0 atom stereocenters. The fourth-order valence-corrected chi connectivity index (χ4v) is 5.98. The Hall–Kier alpha value is -3.93. The molecule has 0 radical (unpaired) electrons. The minimum absolute atomic E-state index is 0.0328. The Balaban J connectivity index is 1.02. The van der Waals surface area contributed by atoms with Crippen molar-refractivity contribution in [2.75, 3.05) is 26.2 Å². The summed E-state index contributed by atoms with van der Waals surface area (Å²) in [7, 11) is 0. The zero-order chi connectivity index (χ0) is 26.0. The van der Waals surface area contributed by atoms with Gasteiger partial charge in [-0.3, -0.25) is 4.90 Å². The minimum Gasteiger partial charge on any atom is -0.449 e. The summed E-state index contributed by atoms with van der Waals surface area (Å²) in [6, 6.07) is 37.5. The smallest absolute Gasteiger partial charge is 0.407 e. The molecule has 1 amide bonds. The molecule has 0 aromatic heterocycles. The van der Waals surface area contributed by atoms with Crippen LogP contribution in [-0.4, -0.2) is 47.9 Å². The molecule has 192 valence electrons. The standard InChI is InChI=1S/C33H32N2O3/c36-32(38-21-30-28-17-9-7-15-26(28)27-16-8-10-18-29(27)30)34-20-19-33(37)22-35(23-33)31(24-11-3-1-4-12-24)25-13-5-2-6-14-25/h1-18,30-31,37H,19-23H2,(H,34,36). The van der Waals surface area contributed by atoms with E-state index in [-0.39, 0.29) is 18.6 Å². The summed E-state index contributed by atoms with van der Waals surface area (Å²) in [6.45, 7) is 1.75. The predicted octanol–water partition coefficient (Wildman–Crippen LogP) is 5.75. The summed E-state index contributed by atoms with van der Waals surface area (Å²) < 4.78 is 5.64. The van der Waals surface area contributed by atoms with Crippen LogP contribution in [0.4, 0.5) is 4.79 Å². The summed E-state index contributed by atoms with van der Waals surface area (Å²) in [4.78, 5) is 14.8. The van der Waals surface area contributed by atoms with Gasteiger partial charge >= 0.3 is 6.09 Å². The number of likely N-dealkylation sites (tertiary alicyclic amines) is 1. The highest BCUT2D eigenvalue weighted by Crippen LogP contribution is 2.44. The van der Waals surface area contributed by atoms with Gasteiger partial charge in [0.2, 0.25) is 0 Å². The molecular formula is C33H32N2O3. The maximum atomic E-state index is 12.5. The number of amides is 1. The molecule has 1 heterocycles. The SMILES string of the molecule is O=C(NCCC1(O)CN(C(c2ccccc2)c2ccccc2)C1)OCC1c2ccccc2-c2ccccc21. The van der Waals surface area contributed by atoms with E-state index in [0.29, 0.717) is 26.1 Å². The van der Waals surface area contributed by atoms with Crippen molar-refractivity contribution in [3.05, 3.63) is 131 Å². The van der Waals surface area contributed by atoms with Gasteiger partial charge in [0.25, 0.3) is 0 Å². The number of nitrogens with zero attached hydrogens (tertiary/aromatic N) is 1. The van der Waals surface area contributed by atoms with Crippen molar-refractivity contribution < 1.29 is 14.6 Å². The van der Waals surface area contributed by atoms with Crippen molar-refractivity contribution in [3.63, 3.8) is 0 Å². The number of fused-ring (bicyclic) bond motifs is 3. The van der Waals surface area contributed by atoms with E-state index >= 15 is 0 Å². The number of ether oxygens (including phenoxy) is 1. The number of β-amino-alcohol motifs (C(OH)–C–C–N with tert-alkyl or cyclic N) is 1. The highest BCUT2D eigenvalue weighted by Gasteiger charge is 2.44. The van der Waals surface area contributed by atoms with Gasteiger partial charge in [0.15, 0.2) is 0 Å². The van der Waals surface area contributed by atoms with Crippen LogP contribution in [0.1, 0.15) is 40.6 Å². The molecule has 1 fully saturated rings. The van der Waals surface area contributed by atoms with Crippen LogP contribution in [0.5, 0.6) is 0 Å². The van der Waals surface area contributed by atoms with Crippen molar-refractivity contribution in [3.8, 4) is 11.1 Å². The van der Waals surface area contributed by atoms with Gasteiger partial charge in [0.05, 0.1) is 11.6 Å². The van der Waals surface area contributed by atoms with Gasteiger partial charge in [-0.2, -0.15) is 0 Å². The molecule has 1 aliphatic heterocycles. The Morgan fingerprint density at radius 3 is 1.87 bits per heavy atom. The van der Waals surface area contributed by atoms with Crippen LogP contribution in [0.15, 0.2) is 109 Å². The fraction of sp³-hybridized carbons (Fsp3) is 0.242. The third kappa shape index (κ3) is 4.83. The molecule has 6 rings (SSSR count). The lowest BCUT2D eigenvalue weighted by atomic mass is 9.85. The fourth-order valence-electron chi connectivity index (χ4n) is 5.98.